The van der Waals surface area contributed by atoms with Gasteiger partial charge in [-0.2, -0.15) is 0 Å². The zero-order chi connectivity index (χ0) is 52.9. The van der Waals surface area contributed by atoms with Gasteiger partial charge in [0.2, 0.25) is 5.91 Å². The van der Waals surface area contributed by atoms with Gasteiger partial charge in [0.1, 0.15) is 24.4 Å². The Hall–Kier alpha value is -1.85. The van der Waals surface area contributed by atoms with E-state index in [0.717, 1.165) is 44.9 Å². The van der Waals surface area contributed by atoms with Gasteiger partial charge in [0, 0.05) is 6.42 Å². The molecule has 0 spiro atoms. The van der Waals surface area contributed by atoms with Crippen LogP contribution in [0.5, 0.6) is 0 Å². The third-order valence-corrected chi connectivity index (χ3v) is 14.9. The first kappa shape index (κ1) is 69.2. The van der Waals surface area contributed by atoms with Gasteiger partial charge >= 0.3 is 0 Å². The van der Waals surface area contributed by atoms with E-state index in [2.05, 4.69) is 42.6 Å². The average Bonchev–Trinajstić information content (AvgIpc) is 3.39. The normalized spacial score (nSPS) is 19.4. The van der Waals surface area contributed by atoms with E-state index in [1.807, 2.05) is 19.1 Å². The molecular weight excluding hydrogens is 911 g/mol. The highest BCUT2D eigenvalue weighted by Gasteiger charge is 2.44. The highest BCUT2D eigenvalue weighted by molar-refractivity contribution is 5.76. The van der Waals surface area contributed by atoms with Gasteiger partial charge < -0.3 is 40.3 Å². The molecule has 7 atom stereocenters. The van der Waals surface area contributed by atoms with Crippen LogP contribution in [0.1, 0.15) is 296 Å². The van der Waals surface area contributed by atoms with Gasteiger partial charge in [-0.1, -0.05) is 274 Å². The standard InChI is InChI=1S/C64H119NO8/c1-3-5-7-9-11-13-14-15-16-17-18-19-20-21-22-23-24-25-26-27-28-29-30-31-32-33-34-35-36-37-38-39-40-41-42-43-44-46-48-50-52-54-60(68)65-57(58(67)53-51-49-47-45-12-10-8-6-4-2)56-72-64-63(71)62(70)61(69)59(55-66)73-64/h4,6,12,17-18,45,51,53,57-59,61-64,66-67,69-71H,3,5,7-11,13-16,19-44,46-50,52,54-56H2,1-2H3,(H,65,68)/b6-4+,18-17-,45-12+,53-51+. The molecule has 0 aromatic rings. The van der Waals surface area contributed by atoms with Crippen molar-refractivity contribution in [2.75, 3.05) is 13.2 Å². The fraction of sp³-hybridized carbons (Fsp3) is 0.859. The molecule has 428 valence electrons. The summed E-state index contributed by atoms with van der Waals surface area (Å²) < 4.78 is 11.2. The van der Waals surface area contributed by atoms with Gasteiger partial charge in [-0.05, 0) is 64.7 Å². The van der Waals surface area contributed by atoms with E-state index >= 15 is 0 Å². The second kappa shape index (κ2) is 53.5. The predicted molar refractivity (Wildman–Crippen MR) is 309 cm³/mol. The van der Waals surface area contributed by atoms with E-state index in [9.17, 15) is 30.3 Å². The molecule has 0 aliphatic carbocycles. The lowest BCUT2D eigenvalue weighted by Gasteiger charge is -2.40. The van der Waals surface area contributed by atoms with E-state index in [4.69, 9.17) is 9.47 Å². The molecule has 0 radical (unpaired) electrons. The molecule has 0 saturated carbocycles. The van der Waals surface area contributed by atoms with Gasteiger partial charge in [0.25, 0.3) is 0 Å². The van der Waals surface area contributed by atoms with E-state index in [-0.39, 0.29) is 12.5 Å². The first-order chi connectivity index (χ1) is 35.8. The van der Waals surface area contributed by atoms with Crippen LogP contribution in [0.25, 0.3) is 0 Å². The minimum Gasteiger partial charge on any atom is -0.394 e. The van der Waals surface area contributed by atoms with Crippen LogP contribution in [-0.4, -0.2) is 87.5 Å². The lowest BCUT2D eigenvalue weighted by molar-refractivity contribution is -0.302. The van der Waals surface area contributed by atoms with Gasteiger partial charge in [-0.3, -0.25) is 4.79 Å². The summed E-state index contributed by atoms with van der Waals surface area (Å²) in [6.45, 7) is 3.53. The quantitative estimate of drug-likeness (QED) is 0.0261. The van der Waals surface area contributed by atoms with E-state index < -0.39 is 49.5 Å². The third-order valence-electron chi connectivity index (χ3n) is 14.9. The molecular formula is C64H119NO8. The summed E-state index contributed by atoms with van der Waals surface area (Å²) >= 11 is 0. The topological polar surface area (TPSA) is 149 Å². The lowest BCUT2D eigenvalue weighted by atomic mass is 9.99. The second-order valence-electron chi connectivity index (χ2n) is 21.8. The van der Waals surface area contributed by atoms with E-state index in [1.54, 1.807) is 6.08 Å². The molecule has 7 unspecified atom stereocenters. The third kappa shape index (κ3) is 42.9. The number of aliphatic hydroxyl groups excluding tert-OH is 5. The fourth-order valence-electron chi connectivity index (χ4n) is 10.0. The summed E-state index contributed by atoms with van der Waals surface area (Å²) in [5, 5.41) is 54.2. The van der Waals surface area contributed by atoms with Crippen molar-refractivity contribution < 1.29 is 39.8 Å². The molecule has 1 heterocycles. The molecule has 0 aromatic carbocycles. The minimum absolute atomic E-state index is 0.190. The maximum Gasteiger partial charge on any atom is 0.220 e. The highest BCUT2D eigenvalue weighted by atomic mass is 16.7. The molecule has 1 aliphatic rings. The molecule has 1 rings (SSSR count). The Balaban J connectivity index is 1.96. The highest BCUT2D eigenvalue weighted by Crippen LogP contribution is 2.23. The van der Waals surface area contributed by atoms with Gasteiger partial charge in [-0.15, -0.1) is 0 Å². The molecule has 9 heteroatoms. The number of hydrogen-bond acceptors (Lipinski definition) is 8. The number of rotatable bonds is 54. The van der Waals surface area contributed by atoms with Crippen molar-refractivity contribution in [1.82, 2.24) is 5.32 Å². The Bertz CT molecular complexity index is 1290. The van der Waals surface area contributed by atoms with Crippen LogP contribution < -0.4 is 5.32 Å². The number of aliphatic hydroxyl groups is 5. The summed E-state index contributed by atoms with van der Waals surface area (Å²) in [5.74, 6) is -0.190. The SMILES string of the molecule is C/C=C/CC/C=C/CC/C=C/C(O)C(COC1OC(CO)C(O)C(O)C1O)NC(=O)CCCCCCCCCCCCCCCCCCCCCCCCCCCCCCC/C=C\CCCCCCCCCC. The first-order valence-corrected chi connectivity index (χ1v) is 31.3. The summed E-state index contributed by atoms with van der Waals surface area (Å²) in [5.41, 5.74) is 0. The molecule has 1 amide bonds. The van der Waals surface area contributed by atoms with Crippen LogP contribution in [0.4, 0.5) is 0 Å². The number of nitrogens with one attached hydrogen (secondary N) is 1. The number of unbranched alkanes of at least 4 members (excludes halogenated alkanes) is 39. The Morgan fingerprint density at radius 3 is 1.23 bits per heavy atom. The van der Waals surface area contributed by atoms with Crippen molar-refractivity contribution in [3.05, 3.63) is 48.6 Å². The number of amides is 1. The molecule has 0 aromatic heterocycles. The second-order valence-corrected chi connectivity index (χ2v) is 21.8. The van der Waals surface area contributed by atoms with Crippen LogP contribution in [-0.2, 0) is 14.3 Å². The summed E-state index contributed by atoms with van der Waals surface area (Å²) in [4.78, 5) is 13.0. The van der Waals surface area contributed by atoms with Crippen LogP contribution >= 0.6 is 0 Å². The Labute approximate surface area is 450 Å². The Morgan fingerprint density at radius 1 is 0.479 bits per heavy atom. The van der Waals surface area contributed by atoms with Gasteiger partial charge in [0.15, 0.2) is 6.29 Å². The zero-order valence-corrected chi connectivity index (χ0v) is 47.6. The monoisotopic (exact) mass is 1030 g/mol. The Morgan fingerprint density at radius 2 is 0.836 bits per heavy atom. The Kier molecular flexibility index (Phi) is 50.7. The van der Waals surface area contributed by atoms with E-state index in [1.165, 1.54) is 231 Å². The molecule has 1 saturated heterocycles. The van der Waals surface area contributed by atoms with Gasteiger partial charge in [-0.25, -0.2) is 0 Å². The van der Waals surface area contributed by atoms with Crippen molar-refractivity contribution >= 4 is 5.91 Å². The van der Waals surface area contributed by atoms with Crippen LogP contribution in [0.3, 0.4) is 0 Å². The maximum atomic E-state index is 13.0. The van der Waals surface area contributed by atoms with Crippen LogP contribution in [0, 0.1) is 0 Å². The van der Waals surface area contributed by atoms with Crippen LogP contribution in [0.15, 0.2) is 48.6 Å². The van der Waals surface area contributed by atoms with Crippen molar-refractivity contribution in [2.24, 2.45) is 0 Å². The smallest absolute Gasteiger partial charge is 0.220 e. The number of hydrogen-bond donors (Lipinski definition) is 6. The number of carbonyl (C=O) groups is 1. The minimum atomic E-state index is -1.57. The average molecular weight is 1030 g/mol. The molecule has 6 N–H and O–H groups in total. The molecule has 9 nitrogen and oxygen atoms in total. The van der Waals surface area contributed by atoms with Crippen molar-refractivity contribution in [3.63, 3.8) is 0 Å². The molecule has 0 bridgehead atoms. The van der Waals surface area contributed by atoms with Crippen molar-refractivity contribution in [1.29, 1.82) is 0 Å². The zero-order valence-electron chi connectivity index (χ0n) is 47.6. The van der Waals surface area contributed by atoms with E-state index in [0.29, 0.717) is 6.42 Å². The van der Waals surface area contributed by atoms with Crippen molar-refractivity contribution in [3.8, 4) is 0 Å². The number of carbonyl (C=O) groups excluding carboxylic acids is 1. The lowest BCUT2D eigenvalue weighted by Crippen LogP contribution is -2.60. The molecule has 73 heavy (non-hydrogen) atoms. The van der Waals surface area contributed by atoms with Crippen molar-refractivity contribution in [2.45, 2.75) is 339 Å². The van der Waals surface area contributed by atoms with Crippen LogP contribution in [0.2, 0.25) is 0 Å². The number of ether oxygens (including phenoxy) is 2. The molecule has 1 aliphatic heterocycles. The summed E-state index contributed by atoms with van der Waals surface area (Å²) in [6, 6.07) is -0.825. The number of allylic oxidation sites excluding steroid dienone is 7. The maximum absolute atomic E-state index is 13.0. The fourth-order valence-corrected chi connectivity index (χ4v) is 10.0. The van der Waals surface area contributed by atoms with Gasteiger partial charge in [0.05, 0.1) is 25.4 Å². The largest absolute Gasteiger partial charge is 0.394 e. The summed E-state index contributed by atoms with van der Waals surface area (Å²) in [6.07, 6.45) is 65.6. The summed E-state index contributed by atoms with van der Waals surface area (Å²) in [7, 11) is 0. The molecule has 1 fully saturated rings. The predicted octanol–water partition coefficient (Wildman–Crippen LogP) is 16.1. The first-order valence-electron chi connectivity index (χ1n) is 31.3.